The number of nitro benzene ring substituents is 1. The van der Waals surface area contributed by atoms with Crippen molar-refractivity contribution < 1.29 is 9.31 Å². The van der Waals surface area contributed by atoms with Crippen LogP contribution < -0.4 is 5.32 Å². The van der Waals surface area contributed by atoms with E-state index in [0.717, 1.165) is 26.8 Å². The second kappa shape index (κ2) is 6.27. The van der Waals surface area contributed by atoms with Crippen LogP contribution in [0, 0.1) is 15.9 Å². The van der Waals surface area contributed by atoms with Crippen LogP contribution in [0.2, 0.25) is 0 Å². The Labute approximate surface area is 130 Å². The van der Waals surface area contributed by atoms with Gasteiger partial charge in [0.25, 0.3) is 0 Å². The summed E-state index contributed by atoms with van der Waals surface area (Å²) < 4.78 is 15.1. The number of nitrogens with one attached hydrogen (secondary N) is 1. The molecule has 0 aliphatic rings. The van der Waals surface area contributed by atoms with Crippen LogP contribution in [0.25, 0.3) is 0 Å². The van der Waals surface area contributed by atoms with E-state index in [2.05, 4.69) is 42.2 Å². The summed E-state index contributed by atoms with van der Waals surface area (Å²) in [7, 11) is 0. The molecule has 104 valence electrons. The number of halogens is 3. The highest BCUT2D eigenvalue weighted by Crippen LogP contribution is 2.23. The number of pyridine rings is 1. The van der Waals surface area contributed by atoms with E-state index in [1.54, 1.807) is 6.20 Å². The van der Waals surface area contributed by atoms with Crippen molar-refractivity contribution in [2.75, 3.05) is 5.32 Å². The molecule has 1 aromatic carbocycles. The number of anilines is 1. The van der Waals surface area contributed by atoms with Gasteiger partial charge in [0.05, 0.1) is 17.2 Å². The molecular formula is C12H8Br2FN3O2. The van der Waals surface area contributed by atoms with Crippen molar-refractivity contribution in [2.24, 2.45) is 0 Å². The van der Waals surface area contributed by atoms with Crippen LogP contribution in [0.3, 0.4) is 0 Å². The number of nitro groups is 1. The van der Waals surface area contributed by atoms with Crippen molar-refractivity contribution in [2.45, 2.75) is 6.54 Å². The Morgan fingerprint density at radius 3 is 2.70 bits per heavy atom. The van der Waals surface area contributed by atoms with Gasteiger partial charge in [-0.1, -0.05) is 0 Å². The number of nitrogens with zero attached hydrogens (tertiary/aromatic N) is 2. The zero-order chi connectivity index (χ0) is 14.7. The maximum absolute atomic E-state index is 13.4. The first-order valence-electron chi connectivity index (χ1n) is 5.45. The molecule has 2 rings (SSSR count). The Hall–Kier alpha value is -1.54. The summed E-state index contributed by atoms with van der Waals surface area (Å²) in [6.45, 7) is 0.366. The van der Waals surface area contributed by atoms with E-state index < -0.39 is 16.4 Å². The van der Waals surface area contributed by atoms with Crippen molar-refractivity contribution in [1.29, 1.82) is 0 Å². The smallest absolute Gasteiger partial charge is 0.304 e. The molecule has 0 bridgehead atoms. The molecule has 2 aromatic rings. The minimum Gasteiger partial charge on any atom is -0.379 e. The van der Waals surface area contributed by atoms with Crippen LogP contribution in [0.4, 0.5) is 15.8 Å². The molecule has 20 heavy (non-hydrogen) atoms. The normalized spacial score (nSPS) is 10.3. The Balaban J connectivity index is 2.11. The molecule has 8 heteroatoms. The van der Waals surface area contributed by atoms with Gasteiger partial charge in [-0.3, -0.25) is 15.1 Å². The van der Waals surface area contributed by atoms with Crippen molar-refractivity contribution in [3.63, 3.8) is 0 Å². The Morgan fingerprint density at radius 2 is 2.10 bits per heavy atom. The topological polar surface area (TPSA) is 68.1 Å². The lowest BCUT2D eigenvalue weighted by Gasteiger charge is -2.08. The molecular weight excluding hydrogens is 397 g/mol. The number of benzene rings is 1. The minimum absolute atomic E-state index is 0.366. The molecule has 0 aliphatic heterocycles. The van der Waals surface area contributed by atoms with Crippen LogP contribution in [0.5, 0.6) is 0 Å². The summed E-state index contributed by atoms with van der Waals surface area (Å²) in [5.74, 6) is -0.872. The quantitative estimate of drug-likeness (QED) is 0.610. The number of aromatic nitrogens is 1. The van der Waals surface area contributed by atoms with Gasteiger partial charge < -0.3 is 5.32 Å². The van der Waals surface area contributed by atoms with Crippen molar-refractivity contribution >= 4 is 43.2 Å². The van der Waals surface area contributed by atoms with Gasteiger partial charge in [0.1, 0.15) is 0 Å². The maximum atomic E-state index is 13.4. The monoisotopic (exact) mass is 403 g/mol. The highest BCUT2D eigenvalue weighted by atomic mass is 79.9. The van der Waals surface area contributed by atoms with Gasteiger partial charge in [-0.05, 0) is 44.0 Å². The van der Waals surface area contributed by atoms with Gasteiger partial charge >= 0.3 is 5.69 Å². The summed E-state index contributed by atoms with van der Waals surface area (Å²) in [5.41, 5.74) is 0.648. The minimum atomic E-state index is -0.872. The average Bonchev–Trinajstić information content (AvgIpc) is 2.37. The second-order valence-electron chi connectivity index (χ2n) is 3.86. The van der Waals surface area contributed by atoms with E-state index in [1.165, 1.54) is 6.07 Å². The fourth-order valence-corrected chi connectivity index (χ4v) is 2.65. The molecule has 0 radical (unpaired) electrons. The molecule has 0 aliphatic carbocycles. The summed E-state index contributed by atoms with van der Waals surface area (Å²) >= 11 is 6.67. The standard InChI is InChI=1S/C12H8Br2FN3O2/c13-7-3-9(14)11(17-5-7)6-16-8-1-2-12(18(19)20)10(15)4-8/h1-5,16H,6H2. The third-order valence-corrected chi connectivity index (χ3v) is 3.61. The van der Waals surface area contributed by atoms with Gasteiger partial charge in [-0.2, -0.15) is 4.39 Å². The molecule has 5 nitrogen and oxygen atoms in total. The summed E-state index contributed by atoms with van der Waals surface area (Å²) in [6.07, 6.45) is 1.65. The van der Waals surface area contributed by atoms with E-state index in [9.17, 15) is 14.5 Å². The predicted octanol–water partition coefficient (Wildman–Crippen LogP) is 4.27. The summed E-state index contributed by atoms with van der Waals surface area (Å²) in [5, 5.41) is 13.5. The third-order valence-electron chi connectivity index (χ3n) is 2.49. The van der Waals surface area contributed by atoms with Gasteiger partial charge in [0, 0.05) is 33.0 Å². The molecule has 0 amide bonds. The van der Waals surface area contributed by atoms with Crippen LogP contribution in [-0.2, 0) is 6.54 Å². The molecule has 0 unspecified atom stereocenters. The molecule has 1 aromatic heterocycles. The summed E-state index contributed by atoms with van der Waals surface area (Å²) in [4.78, 5) is 14.0. The SMILES string of the molecule is O=[N+]([O-])c1ccc(NCc2ncc(Br)cc2Br)cc1F. The van der Waals surface area contributed by atoms with E-state index in [0.29, 0.717) is 12.2 Å². The zero-order valence-corrected chi connectivity index (χ0v) is 13.1. The zero-order valence-electron chi connectivity index (χ0n) is 9.94. The first kappa shape index (κ1) is 14.9. The van der Waals surface area contributed by atoms with Gasteiger partial charge in [-0.25, -0.2) is 0 Å². The largest absolute Gasteiger partial charge is 0.379 e. The van der Waals surface area contributed by atoms with Crippen molar-refractivity contribution in [3.05, 3.63) is 61.0 Å². The Morgan fingerprint density at radius 1 is 1.35 bits per heavy atom. The van der Waals surface area contributed by atoms with Crippen molar-refractivity contribution in [1.82, 2.24) is 4.98 Å². The average molecular weight is 405 g/mol. The van der Waals surface area contributed by atoms with Crippen molar-refractivity contribution in [3.8, 4) is 0 Å². The molecule has 0 atom stereocenters. The van der Waals surface area contributed by atoms with E-state index >= 15 is 0 Å². The fraction of sp³-hybridized carbons (Fsp3) is 0.0833. The predicted molar refractivity (Wildman–Crippen MR) is 80.0 cm³/mol. The highest BCUT2D eigenvalue weighted by Gasteiger charge is 2.13. The van der Waals surface area contributed by atoms with E-state index in [4.69, 9.17) is 0 Å². The van der Waals surface area contributed by atoms with Gasteiger partial charge in [0.2, 0.25) is 5.82 Å². The molecule has 1 heterocycles. The molecule has 0 saturated heterocycles. The lowest BCUT2D eigenvalue weighted by atomic mass is 10.2. The van der Waals surface area contributed by atoms with Crippen LogP contribution in [0.1, 0.15) is 5.69 Å². The van der Waals surface area contributed by atoms with Gasteiger partial charge in [0.15, 0.2) is 0 Å². The lowest BCUT2D eigenvalue weighted by Crippen LogP contribution is -2.03. The third kappa shape index (κ3) is 3.51. The number of rotatable bonds is 4. The molecule has 1 N–H and O–H groups in total. The van der Waals surface area contributed by atoms with Crippen LogP contribution in [-0.4, -0.2) is 9.91 Å². The molecule has 0 spiro atoms. The summed E-state index contributed by atoms with van der Waals surface area (Å²) in [6, 6.07) is 5.51. The molecule has 0 saturated carbocycles. The molecule has 0 fully saturated rings. The fourth-order valence-electron chi connectivity index (χ4n) is 1.52. The Bertz CT molecular complexity index is 667. The van der Waals surface area contributed by atoms with Crippen LogP contribution in [0.15, 0.2) is 39.4 Å². The first-order chi connectivity index (χ1) is 9.47. The van der Waals surface area contributed by atoms with E-state index in [1.807, 2.05) is 6.07 Å². The van der Waals surface area contributed by atoms with Crippen LogP contribution >= 0.6 is 31.9 Å². The van der Waals surface area contributed by atoms with E-state index in [-0.39, 0.29) is 0 Å². The number of hydrogen-bond acceptors (Lipinski definition) is 4. The first-order valence-corrected chi connectivity index (χ1v) is 7.03. The maximum Gasteiger partial charge on any atom is 0.304 e. The highest BCUT2D eigenvalue weighted by molar-refractivity contribution is 9.11. The Kier molecular flexibility index (Phi) is 4.66. The second-order valence-corrected chi connectivity index (χ2v) is 5.63. The number of hydrogen-bond donors (Lipinski definition) is 1. The lowest BCUT2D eigenvalue weighted by molar-refractivity contribution is -0.387. The van der Waals surface area contributed by atoms with Gasteiger partial charge in [-0.15, -0.1) is 0 Å².